The normalized spacial score (nSPS) is 11.4. The zero-order chi connectivity index (χ0) is 12.6. The van der Waals surface area contributed by atoms with Gasteiger partial charge in [0.25, 0.3) is 5.56 Å². The Kier molecular flexibility index (Phi) is 3.54. The first-order valence-corrected chi connectivity index (χ1v) is 6.52. The lowest BCUT2D eigenvalue weighted by Gasteiger charge is -2.08. The second-order valence-electron chi connectivity index (χ2n) is 4.36. The zero-order valence-corrected chi connectivity index (χ0v) is 11.9. The van der Waals surface area contributed by atoms with E-state index in [0.29, 0.717) is 28.7 Å². The molecule has 0 aliphatic rings. The quantitative estimate of drug-likeness (QED) is 0.797. The highest BCUT2D eigenvalue weighted by Crippen LogP contribution is 2.16. The number of halogens is 2. The Morgan fingerprint density at radius 2 is 2.18 bits per heavy atom. The minimum atomic E-state index is -0.0880. The number of aromatic nitrogens is 2. The van der Waals surface area contributed by atoms with Crippen molar-refractivity contribution in [2.45, 2.75) is 20.3 Å². The van der Waals surface area contributed by atoms with Crippen molar-refractivity contribution < 1.29 is 0 Å². The molecule has 0 amide bonds. The van der Waals surface area contributed by atoms with Gasteiger partial charge in [-0.05, 0) is 40.4 Å². The van der Waals surface area contributed by atoms with Gasteiger partial charge in [-0.1, -0.05) is 25.4 Å². The first-order valence-electron chi connectivity index (χ1n) is 5.35. The first-order chi connectivity index (χ1) is 7.99. The van der Waals surface area contributed by atoms with Crippen molar-refractivity contribution in [3.8, 4) is 0 Å². The Hall–Kier alpha value is -0.870. The van der Waals surface area contributed by atoms with Crippen LogP contribution in [-0.2, 0) is 6.42 Å². The monoisotopic (exact) mass is 314 g/mol. The second kappa shape index (κ2) is 4.78. The molecule has 17 heavy (non-hydrogen) atoms. The molecule has 2 heterocycles. The molecule has 0 bridgehead atoms. The van der Waals surface area contributed by atoms with Crippen LogP contribution < -0.4 is 5.56 Å². The van der Waals surface area contributed by atoms with Crippen molar-refractivity contribution >= 4 is 33.2 Å². The van der Waals surface area contributed by atoms with Gasteiger partial charge in [0.1, 0.15) is 10.8 Å². The summed E-state index contributed by atoms with van der Waals surface area (Å²) >= 11 is 9.40. The van der Waals surface area contributed by atoms with Crippen LogP contribution >= 0.6 is 27.5 Å². The third-order valence-corrected chi connectivity index (χ3v) is 3.22. The molecule has 0 atom stereocenters. The molecule has 5 heteroatoms. The third-order valence-electron chi connectivity index (χ3n) is 2.44. The van der Waals surface area contributed by atoms with Gasteiger partial charge >= 0.3 is 0 Å². The van der Waals surface area contributed by atoms with Gasteiger partial charge in [0.05, 0.1) is 5.56 Å². The van der Waals surface area contributed by atoms with Crippen molar-refractivity contribution in [1.82, 2.24) is 9.38 Å². The van der Waals surface area contributed by atoms with E-state index >= 15 is 0 Å². The average Bonchev–Trinajstić information content (AvgIpc) is 2.25. The first kappa shape index (κ1) is 12.6. The lowest BCUT2D eigenvalue weighted by Crippen LogP contribution is -2.21. The largest absolute Gasteiger partial charge is 0.269 e. The minimum Gasteiger partial charge on any atom is -0.269 e. The molecule has 0 aliphatic heterocycles. The van der Waals surface area contributed by atoms with Crippen LogP contribution in [0.3, 0.4) is 0 Å². The van der Waals surface area contributed by atoms with Crippen LogP contribution in [0.2, 0.25) is 5.15 Å². The number of pyridine rings is 1. The number of fused-ring (bicyclic) bond motifs is 1. The molecule has 0 unspecified atom stereocenters. The van der Waals surface area contributed by atoms with E-state index in [1.807, 2.05) is 19.9 Å². The van der Waals surface area contributed by atoms with Crippen LogP contribution in [0.5, 0.6) is 0 Å². The van der Waals surface area contributed by atoms with E-state index in [0.717, 1.165) is 4.47 Å². The van der Waals surface area contributed by atoms with Crippen LogP contribution in [0, 0.1) is 5.92 Å². The van der Waals surface area contributed by atoms with Gasteiger partial charge in [-0.15, -0.1) is 0 Å². The number of hydrogen-bond acceptors (Lipinski definition) is 2. The number of hydrogen-bond donors (Lipinski definition) is 0. The average molecular weight is 316 g/mol. The Bertz CT molecular complexity index is 622. The van der Waals surface area contributed by atoms with Gasteiger partial charge in [-0.25, -0.2) is 4.98 Å². The van der Waals surface area contributed by atoms with Crippen molar-refractivity contribution in [2.24, 2.45) is 5.92 Å². The molecular weight excluding hydrogens is 304 g/mol. The third kappa shape index (κ3) is 2.53. The van der Waals surface area contributed by atoms with Crippen molar-refractivity contribution in [3.05, 3.63) is 43.9 Å². The van der Waals surface area contributed by atoms with Crippen molar-refractivity contribution in [1.29, 1.82) is 0 Å². The van der Waals surface area contributed by atoms with Gasteiger partial charge in [-0.2, -0.15) is 0 Å². The summed E-state index contributed by atoms with van der Waals surface area (Å²) in [4.78, 5) is 16.5. The Balaban J connectivity index is 2.73. The lowest BCUT2D eigenvalue weighted by atomic mass is 10.1. The van der Waals surface area contributed by atoms with E-state index in [1.165, 1.54) is 4.40 Å². The van der Waals surface area contributed by atoms with Crippen LogP contribution in [0.25, 0.3) is 5.65 Å². The van der Waals surface area contributed by atoms with Gasteiger partial charge in [-0.3, -0.25) is 9.20 Å². The topological polar surface area (TPSA) is 34.4 Å². The smallest absolute Gasteiger partial charge is 0.262 e. The molecule has 0 saturated carbocycles. The number of rotatable bonds is 2. The summed E-state index contributed by atoms with van der Waals surface area (Å²) in [6, 6.07) is 3.59. The van der Waals surface area contributed by atoms with Crippen molar-refractivity contribution in [3.63, 3.8) is 0 Å². The van der Waals surface area contributed by atoms with Gasteiger partial charge in [0, 0.05) is 10.7 Å². The summed E-state index contributed by atoms with van der Waals surface area (Å²) in [5.41, 5.74) is 1.06. The zero-order valence-electron chi connectivity index (χ0n) is 9.58. The van der Waals surface area contributed by atoms with E-state index < -0.39 is 0 Å². The van der Waals surface area contributed by atoms with Gasteiger partial charge in [0.2, 0.25) is 0 Å². The molecule has 2 rings (SSSR count). The lowest BCUT2D eigenvalue weighted by molar-refractivity contribution is 0.639. The highest BCUT2D eigenvalue weighted by Gasteiger charge is 2.12. The van der Waals surface area contributed by atoms with E-state index in [9.17, 15) is 4.79 Å². The summed E-state index contributed by atoms with van der Waals surface area (Å²) in [7, 11) is 0. The Morgan fingerprint density at radius 1 is 1.47 bits per heavy atom. The van der Waals surface area contributed by atoms with Crippen molar-refractivity contribution in [2.75, 3.05) is 0 Å². The maximum Gasteiger partial charge on any atom is 0.262 e. The molecule has 0 spiro atoms. The Labute approximate surface area is 113 Å². The predicted molar refractivity (Wildman–Crippen MR) is 72.7 cm³/mol. The van der Waals surface area contributed by atoms with Gasteiger partial charge in [0.15, 0.2) is 0 Å². The van der Waals surface area contributed by atoms with Crippen LogP contribution in [0.4, 0.5) is 0 Å². The summed E-state index contributed by atoms with van der Waals surface area (Å²) < 4.78 is 2.36. The summed E-state index contributed by atoms with van der Waals surface area (Å²) in [5.74, 6) is 0.368. The van der Waals surface area contributed by atoms with E-state index in [-0.39, 0.29) is 5.56 Å². The maximum atomic E-state index is 12.3. The van der Waals surface area contributed by atoms with Crippen LogP contribution in [-0.4, -0.2) is 9.38 Å². The molecule has 0 saturated heterocycles. The standard InChI is InChI=1S/C12H12BrClN2O/c1-7(2)5-9-11(14)15-10-4-3-8(13)6-16(10)12(9)17/h3-4,6-7H,5H2,1-2H3. The molecule has 0 N–H and O–H groups in total. The van der Waals surface area contributed by atoms with E-state index in [1.54, 1.807) is 12.3 Å². The predicted octanol–water partition coefficient (Wildman–Crippen LogP) is 3.31. The van der Waals surface area contributed by atoms with Crippen LogP contribution in [0.15, 0.2) is 27.6 Å². The molecule has 3 nitrogen and oxygen atoms in total. The van der Waals surface area contributed by atoms with E-state index in [2.05, 4.69) is 20.9 Å². The van der Waals surface area contributed by atoms with E-state index in [4.69, 9.17) is 11.6 Å². The Morgan fingerprint density at radius 3 is 2.82 bits per heavy atom. The number of nitrogens with zero attached hydrogens (tertiary/aromatic N) is 2. The fraction of sp³-hybridized carbons (Fsp3) is 0.333. The molecule has 0 aromatic carbocycles. The van der Waals surface area contributed by atoms with Gasteiger partial charge < -0.3 is 0 Å². The molecule has 0 aliphatic carbocycles. The maximum absolute atomic E-state index is 12.3. The fourth-order valence-electron chi connectivity index (χ4n) is 1.70. The second-order valence-corrected chi connectivity index (χ2v) is 5.63. The molecule has 2 aromatic rings. The molecule has 0 radical (unpaired) electrons. The molecule has 0 fully saturated rings. The summed E-state index contributed by atoms with van der Waals surface area (Å²) in [6.07, 6.45) is 2.35. The summed E-state index contributed by atoms with van der Waals surface area (Å²) in [5, 5.41) is 0.311. The van der Waals surface area contributed by atoms with Crippen LogP contribution in [0.1, 0.15) is 19.4 Å². The highest BCUT2D eigenvalue weighted by molar-refractivity contribution is 9.10. The SMILES string of the molecule is CC(C)Cc1c(Cl)nc2ccc(Br)cn2c1=O. The molecule has 90 valence electrons. The molecule has 2 aromatic heterocycles. The summed E-state index contributed by atoms with van der Waals surface area (Å²) in [6.45, 7) is 4.09. The molecular formula is C12H12BrClN2O. The fourth-order valence-corrected chi connectivity index (χ4v) is 2.28. The highest BCUT2D eigenvalue weighted by atomic mass is 79.9. The minimum absolute atomic E-state index is 0.0880.